The molecule has 0 bridgehead atoms. The molecule has 0 heterocycles. The van der Waals surface area contributed by atoms with Gasteiger partial charge in [0.05, 0.1) is 0 Å². The second-order valence-corrected chi connectivity index (χ2v) is 5.17. The summed E-state index contributed by atoms with van der Waals surface area (Å²) in [6, 6.07) is 0. The first-order valence-corrected chi connectivity index (χ1v) is 8.87. The molecule has 0 aliphatic rings. The van der Waals surface area contributed by atoms with Gasteiger partial charge < -0.3 is 43.9 Å². The molecule has 0 saturated heterocycles. The van der Waals surface area contributed by atoms with Crippen molar-refractivity contribution in [1.82, 2.24) is 0 Å². The van der Waals surface area contributed by atoms with Crippen molar-refractivity contribution in [1.29, 1.82) is 0 Å². The van der Waals surface area contributed by atoms with Gasteiger partial charge in [-0.3, -0.25) is 14.4 Å². The molecule has 0 aromatic heterocycles. The Morgan fingerprint density at radius 2 is 0.710 bits per heavy atom. The third-order valence-electron chi connectivity index (χ3n) is 2.43. The minimum atomic E-state index is -1.36. The second kappa shape index (κ2) is 25.9. The predicted octanol–water partition coefficient (Wildman–Crippen LogP) is -4.18. The minimum Gasteiger partial charge on any atom is -0.550 e. The molecule has 31 heavy (non-hydrogen) atoms. The van der Waals surface area contributed by atoms with E-state index in [9.17, 15) is 44.1 Å². The molecular formula is C18H27AlO12. The van der Waals surface area contributed by atoms with Gasteiger partial charge in [0.25, 0.3) is 0 Å². The van der Waals surface area contributed by atoms with Gasteiger partial charge in [0.15, 0.2) is 17.3 Å². The minimum absolute atomic E-state index is 0. The molecule has 12 nitrogen and oxygen atoms in total. The maximum atomic E-state index is 10.5. The number of aliphatic carboxylic acids is 3. The van der Waals surface area contributed by atoms with Crippen molar-refractivity contribution in [2.24, 2.45) is 0 Å². The Morgan fingerprint density at radius 3 is 0.839 bits per heavy atom. The molecule has 0 unspecified atom stereocenters. The van der Waals surface area contributed by atoms with Crippen LogP contribution < -0.4 is 15.3 Å². The molecule has 0 fully saturated rings. The van der Waals surface area contributed by atoms with Gasteiger partial charge in [0.1, 0.15) is 19.8 Å². The number of ether oxygens (including phenoxy) is 3. The number of carboxylic acid groups (broad SMARTS) is 3. The summed E-state index contributed by atoms with van der Waals surface area (Å²) >= 11 is 0. The van der Waals surface area contributed by atoms with Crippen molar-refractivity contribution in [3.8, 4) is 0 Å². The zero-order valence-electron chi connectivity index (χ0n) is 17.8. The third-order valence-corrected chi connectivity index (χ3v) is 2.43. The molecule has 0 spiro atoms. The van der Waals surface area contributed by atoms with Crippen LogP contribution in [0.3, 0.4) is 0 Å². The van der Waals surface area contributed by atoms with E-state index in [0.29, 0.717) is 19.8 Å². The fraction of sp³-hybridized carbons (Fsp3) is 0.667. The van der Waals surface area contributed by atoms with Gasteiger partial charge in [0.2, 0.25) is 0 Å². The van der Waals surface area contributed by atoms with Crippen molar-refractivity contribution in [2.75, 3.05) is 39.6 Å². The summed E-state index contributed by atoms with van der Waals surface area (Å²) in [6.45, 7) is 6.03. The molecule has 0 rings (SSSR count). The van der Waals surface area contributed by atoms with E-state index < -0.39 is 54.5 Å². The number of carbonyl (C=O) groups excluding carboxylic acids is 6. The Bertz CT molecular complexity index is 472. The van der Waals surface area contributed by atoms with Gasteiger partial charge in [0, 0.05) is 57.0 Å². The number of carboxylic acids is 3. The average molecular weight is 462 g/mol. The van der Waals surface area contributed by atoms with E-state index in [1.165, 1.54) is 0 Å². The molecule has 0 atom stereocenters. The Labute approximate surface area is 191 Å². The maximum absolute atomic E-state index is 10.5. The SMILES string of the molecule is CCOCC(=O)CC(=O)[O-].CCOCC(=O)CC(=O)[O-].CCOCC(=O)CC(=O)[O-].[Al+3]. The van der Waals surface area contributed by atoms with Crippen LogP contribution in [-0.4, -0.2) is 92.3 Å². The number of hydrogen-bond donors (Lipinski definition) is 0. The Morgan fingerprint density at radius 1 is 0.516 bits per heavy atom. The summed E-state index contributed by atoms with van der Waals surface area (Å²) in [7, 11) is 0. The first-order valence-electron chi connectivity index (χ1n) is 8.87. The van der Waals surface area contributed by atoms with E-state index in [-0.39, 0.29) is 37.2 Å². The van der Waals surface area contributed by atoms with Crippen molar-refractivity contribution in [3.63, 3.8) is 0 Å². The number of Topliss-reactive ketones (excluding diaryl/α,β-unsaturated/α-hetero) is 3. The molecule has 0 aromatic carbocycles. The van der Waals surface area contributed by atoms with Crippen LogP contribution in [0.4, 0.5) is 0 Å². The van der Waals surface area contributed by atoms with Gasteiger partial charge in [-0.25, -0.2) is 0 Å². The van der Waals surface area contributed by atoms with E-state index in [1.54, 1.807) is 20.8 Å². The predicted molar refractivity (Wildman–Crippen MR) is 99.1 cm³/mol. The summed E-state index contributed by atoms with van der Waals surface area (Å²) in [5, 5.41) is 29.4. The van der Waals surface area contributed by atoms with Crippen molar-refractivity contribution in [2.45, 2.75) is 40.0 Å². The standard InChI is InChI=1S/3C6H10O4.Al/c3*1-2-10-4-5(7)3-6(8)9;/h3*2-4H2,1H3,(H,8,9);/q;;;+3/p-3. The van der Waals surface area contributed by atoms with Crippen LogP contribution >= 0.6 is 0 Å². The molecule has 0 aromatic rings. The fourth-order valence-corrected chi connectivity index (χ4v) is 1.28. The fourth-order valence-electron chi connectivity index (χ4n) is 1.28. The van der Waals surface area contributed by atoms with Crippen LogP contribution in [0.25, 0.3) is 0 Å². The second-order valence-electron chi connectivity index (χ2n) is 5.17. The van der Waals surface area contributed by atoms with Crippen LogP contribution in [0.15, 0.2) is 0 Å². The first-order chi connectivity index (χ1) is 14.0. The van der Waals surface area contributed by atoms with Crippen LogP contribution in [0.5, 0.6) is 0 Å². The molecule has 0 N–H and O–H groups in total. The molecule has 0 radical (unpaired) electrons. The van der Waals surface area contributed by atoms with Gasteiger partial charge in [-0.05, 0) is 20.8 Å². The van der Waals surface area contributed by atoms with Crippen LogP contribution in [0.2, 0.25) is 0 Å². The number of hydrogen-bond acceptors (Lipinski definition) is 12. The summed E-state index contributed by atoms with van der Waals surface area (Å²) in [5.74, 6) is -5.44. The molecule has 174 valence electrons. The summed E-state index contributed by atoms with van der Waals surface area (Å²) in [4.78, 5) is 60.8. The summed E-state index contributed by atoms with van der Waals surface area (Å²) in [6.07, 6.45) is -1.67. The molecule has 0 saturated carbocycles. The van der Waals surface area contributed by atoms with Gasteiger partial charge in [-0.15, -0.1) is 0 Å². The van der Waals surface area contributed by atoms with E-state index in [4.69, 9.17) is 0 Å². The zero-order chi connectivity index (χ0) is 23.9. The number of carbonyl (C=O) groups is 6. The summed E-state index contributed by atoms with van der Waals surface area (Å²) in [5.41, 5.74) is 0. The first kappa shape index (κ1) is 36.2. The van der Waals surface area contributed by atoms with E-state index in [2.05, 4.69) is 14.2 Å². The van der Waals surface area contributed by atoms with E-state index in [1.807, 2.05) is 0 Å². The average Bonchev–Trinajstić information content (AvgIpc) is 2.62. The molecule has 0 amide bonds. The Kier molecular flexibility index (Phi) is 30.2. The van der Waals surface area contributed by atoms with E-state index >= 15 is 0 Å². The smallest absolute Gasteiger partial charge is 0.550 e. The van der Waals surface area contributed by atoms with Gasteiger partial charge in [-0.2, -0.15) is 0 Å². The topological polar surface area (TPSA) is 199 Å². The maximum Gasteiger partial charge on any atom is 3.00 e. The largest absolute Gasteiger partial charge is 3.00 e. The monoisotopic (exact) mass is 462 g/mol. The quantitative estimate of drug-likeness (QED) is 0.168. The third kappa shape index (κ3) is 39.0. The number of rotatable bonds is 15. The van der Waals surface area contributed by atoms with Gasteiger partial charge >= 0.3 is 17.4 Å². The molecular weight excluding hydrogens is 435 g/mol. The van der Waals surface area contributed by atoms with E-state index in [0.717, 1.165) is 0 Å². The van der Waals surface area contributed by atoms with Crippen molar-refractivity contribution in [3.05, 3.63) is 0 Å². The van der Waals surface area contributed by atoms with Crippen molar-refractivity contribution >= 4 is 52.6 Å². The Hall–Kier alpha value is -2.17. The molecule has 0 aliphatic heterocycles. The van der Waals surface area contributed by atoms with Gasteiger partial charge in [-0.1, -0.05) is 0 Å². The van der Waals surface area contributed by atoms with Crippen LogP contribution in [-0.2, 0) is 43.0 Å². The molecule has 0 aliphatic carbocycles. The van der Waals surface area contributed by atoms with Crippen LogP contribution in [0, 0.1) is 0 Å². The summed E-state index contributed by atoms with van der Waals surface area (Å²) < 4.78 is 14.0. The Balaban J connectivity index is -0.000000174. The van der Waals surface area contributed by atoms with Crippen molar-refractivity contribution < 1.29 is 58.3 Å². The number of ketones is 3. The normalized spacial score (nSPS) is 9.00. The van der Waals surface area contributed by atoms with Crippen LogP contribution in [0.1, 0.15) is 40.0 Å². The molecule has 13 heteroatoms. The zero-order valence-corrected chi connectivity index (χ0v) is 19.0.